The Morgan fingerprint density at radius 3 is 2.64 bits per heavy atom. The maximum Gasteiger partial charge on any atom is 0.227 e. The lowest BCUT2D eigenvalue weighted by Gasteiger charge is -2.31. The van der Waals surface area contributed by atoms with Gasteiger partial charge in [0.05, 0.1) is 17.7 Å². The number of carbonyl (C=O) groups excluding carboxylic acids is 2. The molecule has 1 aromatic carbocycles. The number of hydrogen-bond donors (Lipinski definition) is 1. The average Bonchev–Trinajstić information content (AvgIpc) is 3.15. The molecule has 0 radical (unpaired) electrons. The Bertz CT molecular complexity index is 787. The van der Waals surface area contributed by atoms with Crippen LogP contribution in [0.3, 0.4) is 0 Å². The summed E-state index contributed by atoms with van der Waals surface area (Å²) in [7, 11) is 0. The van der Waals surface area contributed by atoms with Crippen LogP contribution in [-0.2, 0) is 16.0 Å². The van der Waals surface area contributed by atoms with Crippen LogP contribution in [0.4, 0.5) is 5.69 Å². The van der Waals surface area contributed by atoms with Crippen LogP contribution < -0.4 is 5.32 Å². The molecule has 1 aliphatic rings. The number of benzene rings is 1. The Labute approximate surface area is 150 Å². The summed E-state index contributed by atoms with van der Waals surface area (Å²) in [6, 6.07) is 13.0. The number of amides is 2. The molecule has 5 nitrogen and oxygen atoms in total. The van der Waals surface area contributed by atoms with Gasteiger partial charge in [-0.15, -0.1) is 11.3 Å². The second-order valence-corrected chi connectivity index (χ2v) is 7.09. The molecule has 0 unspecified atom stereocenters. The van der Waals surface area contributed by atoms with Crippen molar-refractivity contribution in [3.8, 4) is 6.07 Å². The highest BCUT2D eigenvalue weighted by molar-refractivity contribution is 7.10. The van der Waals surface area contributed by atoms with Gasteiger partial charge in [0.2, 0.25) is 11.8 Å². The van der Waals surface area contributed by atoms with E-state index >= 15 is 0 Å². The van der Waals surface area contributed by atoms with Crippen molar-refractivity contribution in [3.05, 3.63) is 52.2 Å². The SMILES string of the molecule is N#Cc1ccccc1NC(=O)C1CCN(C(=O)Cc2cccs2)CC1. The molecule has 1 N–H and O–H groups in total. The summed E-state index contributed by atoms with van der Waals surface area (Å²) in [6.45, 7) is 1.20. The summed E-state index contributed by atoms with van der Waals surface area (Å²) < 4.78 is 0. The normalized spacial score (nSPS) is 14.8. The summed E-state index contributed by atoms with van der Waals surface area (Å²) in [5.74, 6) is -0.0817. The molecule has 1 aliphatic heterocycles. The molecule has 2 amide bonds. The molecule has 2 heterocycles. The number of hydrogen-bond acceptors (Lipinski definition) is 4. The summed E-state index contributed by atoms with van der Waals surface area (Å²) in [4.78, 5) is 27.7. The quantitative estimate of drug-likeness (QED) is 0.918. The summed E-state index contributed by atoms with van der Waals surface area (Å²) in [5.41, 5.74) is 1.01. The topological polar surface area (TPSA) is 73.2 Å². The van der Waals surface area contributed by atoms with Crippen LogP contribution in [-0.4, -0.2) is 29.8 Å². The highest BCUT2D eigenvalue weighted by Gasteiger charge is 2.27. The van der Waals surface area contributed by atoms with Crippen molar-refractivity contribution in [1.29, 1.82) is 5.26 Å². The first-order chi connectivity index (χ1) is 12.2. The van der Waals surface area contributed by atoms with Gasteiger partial charge in [-0.3, -0.25) is 9.59 Å². The molecular formula is C19H19N3O2S. The number of rotatable bonds is 4. The molecule has 0 spiro atoms. The number of nitriles is 1. The van der Waals surface area contributed by atoms with Gasteiger partial charge in [0.1, 0.15) is 6.07 Å². The van der Waals surface area contributed by atoms with E-state index in [-0.39, 0.29) is 17.7 Å². The maximum atomic E-state index is 12.4. The largest absolute Gasteiger partial charge is 0.342 e. The summed E-state index contributed by atoms with van der Waals surface area (Å²) in [5, 5.41) is 13.9. The monoisotopic (exact) mass is 353 g/mol. The minimum absolute atomic E-state index is 0.0759. The van der Waals surface area contributed by atoms with Crippen molar-refractivity contribution >= 4 is 28.8 Å². The Morgan fingerprint density at radius 1 is 1.20 bits per heavy atom. The van der Waals surface area contributed by atoms with Crippen LogP contribution in [0.25, 0.3) is 0 Å². The highest BCUT2D eigenvalue weighted by Crippen LogP contribution is 2.22. The van der Waals surface area contributed by atoms with Crippen LogP contribution in [0.5, 0.6) is 0 Å². The molecule has 0 saturated carbocycles. The smallest absolute Gasteiger partial charge is 0.227 e. The van der Waals surface area contributed by atoms with E-state index in [1.807, 2.05) is 22.4 Å². The fourth-order valence-corrected chi connectivity index (χ4v) is 3.69. The number of carbonyl (C=O) groups is 2. The van der Waals surface area contributed by atoms with Gasteiger partial charge in [-0.2, -0.15) is 5.26 Å². The Kier molecular flexibility index (Phi) is 5.46. The third-order valence-corrected chi connectivity index (χ3v) is 5.31. The molecule has 3 rings (SSSR count). The van der Waals surface area contributed by atoms with Crippen LogP contribution >= 0.6 is 11.3 Å². The second kappa shape index (κ2) is 7.95. The van der Waals surface area contributed by atoms with Gasteiger partial charge >= 0.3 is 0 Å². The number of piperidine rings is 1. The van der Waals surface area contributed by atoms with Gasteiger partial charge in [0.15, 0.2) is 0 Å². The molecule has 0 aliphatic carbocycles. The number of nitrogens with zero attached hydrogens (tertiary/aromatic N) is 2. The zero-order valence-electron chi connectivity index (χ0n) is 13.8. The molecule has 1 saturated heterocycles. The van der Waals surface area contributed by atoms with E-state index in [0.29, 0.717) is 43.6 Å². The molecule has 0 atom stereocenters. The van der Waals surface area contributed by atoms with Crippen molar-refractivity contribution in [3.63, 3.8) is 0 Å². The molecular weight excluding hydrogens is 334 g/mol. The standard InChI is InChI=1S/C19H19N3O2S/c20-13-15-4-1-2-6-17(15)21-19(24)14-7-9-22(10-8-14)18(23)12-16-5-3-11-25-16/h1-6,11,14H,7-10,12H2,(H,21,24). The van der Waals surface area contributed by atoms with Gasteiger partial charge in [-0.05, 0) is 36.4 Å². The van der Waals surface area contributed by atoms with Crippen LogP contribution in [0.15, 0.2) is 41.8 Å². The predicted octanol–water partition coefficient (Wildman–Crippen LogP) is 3.04. The number of nitrogens with one attached hydrogen (secondary N) is 1. The van der Waals surface area contributed by atoms with Crippen LogP contribution in [0.2, 0.25) is 0 Å². The third-order valence-electron chi connectivity index (χ3n) is 4.43. The van der Waals surface area contributed by atoms with E-state index in [9.17, 15) is 9.59 Å². The van der Waals surface area contributed by atoms with Gasteiger partial charge in [-0.1, -0.05) is 18.2 Å². The molecule has 0 bridgehead atoms. The van der Waals surface area contributed by atoms with Gasteiger partial charge in [-0.25, -0.2) is 0 Å². The fraction of sp³-hybridized carbons (Fsp3) is 0.316. The molecule has 6 heteroatoms. The number of anilines is 1. The lowest BCUT2D eigenvalue weighted by molar-refractivity contribution is -0.133. The highest BCUT2D eigenvalue weighted by atomic mass is 32.1. The first kappa shape index (κ1) is 17.2. The zero-order chi connectivity index (χ0) is 17.6. The van der Waals surface area contributed by atoms with E-state index in [1.165, 1.54) is 0 Å². The summed E-state index contributed by atoms with van der Waals surface area (Å²) in [6.07, 6.45) is 1.73. The number of thiophene rings is 1. The van der Waals surface area contributed by atoms with E-state index in [2.05, 4.69) is 11.4 Å². The minimum atomic E-state index is -0.127. The first-order valence-corrected chi connectivity index (χ1v) is 9.15. The van der Waals surface area contributed by atoms with Crippen molar-refractivity contribution in [2.45, 2.75) is 19.3 Å². The van der Waals surface area contributed by atoms with Crippen LogP contribution in [0.1, 0.15) is 23.3 Å². The van der Waals surface area contributed by atoms with Crippen molar-refractivity contribution in [1.82, 2.24) is 4.90 Å². The van der Waals surface area contributed by atoms with E-state index in [4.69, 9.17) is 5.26 Å². The van der Waals surface area contributed by atoms with Gasteiger partial charge < -0.3 is 10.2 Å². The summed E-state index contributed by atoms with van der Waals surface area (Å²) >= 11 is 1.59. The fourth-order valence-electron chi connectivity index (χ4n) is 2.99. The zero-order valence-corrected chi connectivity index (χ0v) is 14.6. The Morgan fingerprint density at radius 2 is 1.96 bits per heavy atom. The van der Waals surface area contributed by atoms with E-state index in [1.54, 1.807) is 35.6 Å². The first-order valence-electron chi connectivity index (χ1n) is 8.27. The van der Waals surface area contributed by atoms with E-state index in [0.717, 1.165) is 4.88 Å². The third kappa shape index (κ3) is 4.25. The predicted molar refractivity (Wildman–Crippen MR) is 97.1 cm³/mol. The molecule has 1 aromatic heterocycles. The molecule has 1 fully saturated rings. The van der Waals surface area contributed by atoms with Gasteiger partial charge in [0, 0.05) is 23.9 Å². The molecule has 2 aromatic rings. The second-order valence-electron chi connectivity index (χ2n) is 6.06. The van der Waals surface area contributed by atoms with Crippen molar-refractivity contribution in [2.24, 2.45) is 5.92 Å². The van der Waals surface area contributed by atoms with Crippen LogP contribution in [0, 0.1) is 17.2 Å². The molecule has 128 valence electrons. The van der Waals surface area contributed by atoms with Crippen molar-refractivity contribution in [2.75, 3.05) is 18.4 Å². The lowest BCUT2D eigenvalue weighted by atomic mass is 9.95. The number of para-hydroxylation sites is 1. The van der Waals surface area contributed by atoms with E-state index < -0.39 is 0 Å². The van der Waals surface area contributed by atoms with Crippen molar-refractivity contribution < 1.29 is 9.59 Å². The Balaban J connectivity index is 1.52. The van der Waals surface area contributed by atoms with Gasteiger partial charge in [0.25, 0.3) is 0 Å². The molecule has 25 heavy (non-hydrogen) atoms. The number of likely N-dealkylation sites (tertiary alicyclic amines) is 1. The maximum absolute atomic E-state index is 12.4. The minimum Gasteiger partial charge on any atom is -0.342 e. The average molecular weight is 353 g/mol. The lowest BCUT2D eigenvalue weighted by Crippen LogP contribution is -2.42. The Hall–Kier alpha value is -2.65.